The van der Waals surface area contributed by atoms with E-state index in [1.165, 1.54) is 6.07 Å². The zero-order chi connectivity index (χ0) is 14.7. The molecule has 0 fully saturated rings. The second-order valence-corrected chi connectivity index (χ2v) is 4.79. The highest BCUT2D eigenvalue weighted by atomic mass is 79.9. The quantitative estimate of drug-likeness (QED) is 0.508. The van der Waals surface area contributed by atoms with Gasteiger partial charge in [0.25, 0.3) is 0 Å². The topological polar surface area (TPSA) is 87.7 Å². The van der Waals surface area contributed by atoms with Crippen LogP contribution in [0.3, 0.4) is 0 Å². The highest BCUT2D eigenvalue weighted by molar-refractivity contribution is 9.10. The van der Waals surface area contributed by atoms with Gasteiger partial charge in [-0.1, -0.05) is 28.1 Å². The van der Waals surface area contributed by atoms with Gasteiger partial charge in [0.15, 0.2) is 0 Å². The third-order valence-electron chi connectivity index (χ3n) is 2.50. The zero-order valence-corrected chi connectivity index (χ0v) is 11.6. The molecule has 0 unspecified atom stereocenters. The average Bonchev–Trinajstić information content (AvgIpc) is 2.84. The fourth-order valence-electron chi connectivity index (χ4n) is 1.56. The normalized spacial score (nSPS) is 10.1. The van der Waals surface area contributed by atoms with Gasteiger partial charge < -0.3 is 14.6 Å². The summed E-state index contributed by atoms with van der Waals surface area (Å²) in [6.45, 7) is 0. The lowest BCUT2D eigenvalue weighted by Crippen LogP contribution is -2.10. The highest BCUT2D eigenvalue weighted by Crippen LogP contribution is 2.25. The summed E-state index contributed by atoms with van der Waals surface area (Å²) in [6.07, 6.45) is 0.979. The Morgan fingerprint density at radius 3 is 2.15 bits per heavy atom. The van der Waals surface area contributed by atoms with Crippen molar-refractivity contribution in [2.24, 2.45) is 0 Å². The van der Waals surface area contributed by atoms with Gasteiger partial charge in [0.05, 0.1) is 0 Å². The number of halogens is 1. The van der Waals surface area contributed by atoms with Gasteiger partial charge in [-0.3, -0.25) is 0 Å². The molecule has 1 heterocycles. The molecule has 0 radical (unpaired) electrons. The molecule has 0 saturated carbocycles. The zero-order valence-electron chi connectivity index (χ0n) is 10.0. The molecule has 0 bridgehead atoms. The molecular formula is C14H9BrO5. The van der Waals surface area contributed by atoms with E-state index in [1.807, 2.05) is 24.3 Å². The SMILES string of the molecule is O=C(O)C(=Cc1ccc(-c2ccc(Br)cc2)o1)C(=O)O. The Kier molecular flexibility index (Phi) is 4.05. The van der Waals surface area contributed by atoms with Crippen LogP contribution in [0.1, 0.15) is 5.76 Å². The third kappa shape index (κ3) is 3.16. The first-order valence-corrected chi connectivity index (χ1v) is 6.31. The number of carbonyl (C=O) groups is 2. The van der Waals surface area contributed by atoms with Crippen LogP contribution in [-0.2, 0) is 9.59 Å². The van der Waals surface area contributed by atoms with Crippen molar-refractivity contribution in [3.63, 3.8) is 0 Å². The number of aliphatic carboxylic acids is 2. The molecule has 0 saturated heterocycles. The maximum atomic E-state index is 10.8. The van der Waals surface area contributed by atoms with E-state index in [9.17, 15) is 9.59 Å². The molecular weight excluding hydrogens is 328 g/mol. The first kappa shape index (κ1) is 14.1. The van der Waals surface area contributed by atoms with Crippen LogP contribution in [-0.4, -0.2) is 22.2 Å². The van der Waals surface area contributed by atoms with Gasteiger partial charge in [0.1, 0.15) is 17.1 Å². The molecule has 1 aromatic heterocycles. The molecule has 0 aliphatic rings. The van der Waals surface area contributed by atoms with Crippen molar-refractivity contribution in [3.05, 3.63) is 52.2 Å². The van der Waals surface area contributed by atoms with Crippen molar-refractivity contribution in [1.29, 1.82) is 0 Å². The minimum atomic E-state index is -1.51. The predicted octanol–water partition coefficient (Wildman–Crippen LogP) is 3.26. The minimum Gasteiger partial charge on any atom is -0.477 e. The number of hydrogen-bond acceptors (Lipinski definition) is 3. The van der Waals surface area contributed by atoms with Crippen molar-refractivity contribution < 1.29 is 24.2 Å². The Morgan fingerprint density at radius 1 is 1.00 bits per heavy atom. The molecule has 0 aliphatic carbocycles. The van der Waals surface area contributed by atoms with Gasteiger partial charge in [-0.25, -0.2) is 9.59 Å². The van der Waals surface area contributed by atoms with Crippen LogP contribution in [0.5, 0.6) is 0 Å². The van der Waals surface area contributed by atoms with Gasteiger partial charge in [-0.2, -0.15) is 0 Å². The molecule has 2 rings (SSSR count). The number of furan rings is 1. The number of hydrogen-bond donors (Lipinski definition) is 2. The van der Waals surface area contributed by atoms with Crippen molar-refractivity contribution >= 4 is 33.9 Å². The summed E-state index contributed by atoms with van der Waals surface area (Å²) in [7, 11) is 0. The van der Waals surface area contributed by atoms with Crippen LogP contribution < -0.4 is 0 Å². The van der Waals surface area contributed by atoms with E-state index in [0.717, 1.165) is 16.1 Å². The van der Waals surface area contributed by atoms with Crippen LogP contribution in [0.4, 0.5) is 0 Å². The summed E-state index contributed by atoms with van der Waals surface area (Å²) in [4.78, 5) is 21.5. The van der Waals surface area contributed by atoms with Crippen LogP contribution in [0.15, 0.2) is 50.9 Å². The molecule has 6 heteroatoms. The van der Waals surface area contributed by atoms with Gasteiger partial charge in [-0.15, -0.1) is 0 Å². The van der Waals surface area contributed by atoms with E-state index in [1.54, 1.807) is 6.07 Å². The molecule has 2 N–H and O–H groups in total. The molecule has 102 valence electrons. The highest BCUT2D eigenvalue weighted by Gasteiger charge is 2.17. The summed E-state index contributed by atoms with van der Waals surface area (Å²) < 4.78 is 6.35. The average molecular weight is 337 g/mol. The molecule has 0 spiro atoms. The first-order valence-electron chi connectivity index (χ1n) is 5.51. The van der Waals surface area contributed by atoms with Crippen molar-refractivity contribution in [3.8, 4) is 11.3 Å². The van der Waals surface area contributed by atoms with Crippen LogP contribution in [0.25, 0.3) is 17.4 Å². The van der Waals surface area contributed by atoms with Crippen LogP contribution in [0, 0.1) is 0 Å². The lowest BCUT2D eigenvalue weighted by Gasteiger charge is -1.97. The van der Waals surface area contributed by atoms with Gasteiger partial charge >= 0.3 is 11.9 Å². The van der Waals surface area contributed by atoms with Crippen molar-refractivity contribution in [1.82, 2.24) is 0 Å². The second-order valence-electron chi connectivity index (χ2n) is 3.88. The lowest BCUT2D eigenvalue weighted by atomic mass is 10.2. The largest absolute Gasteiger partial charge is 0.477 e. The molecule has 2 aromatic rings. The third-order valence-corrected chi connectivity index (χ3v) is 3.03. The monoisotopic (exact) mass is 336 g/mol. The van der Waals surface area contributed by atoms with E-state index >= 15 is 0 Å². The van der Waals surface area contributed by atoms with E-state index < -0.39 is 17.5 Å². The Balaban J connectivity index is 2.33. The van der Waals surface area contributed by atoms with Crippen molar-refractivity contribution in [2.75, 3.05) is 0 Å². The molecule has 0 atom stereocenters. The number of benzene rings is 1. The fraction of sp³-hybridized carbons (Fsp3) is 0. The summed E-state index contributed by atoms with van der Waals surface area (Å²) >= 11 is 3.32. The molecule has 5 nitrogen and oxygen atoms in total. The van der Waals surface area contributed by atoms with Gasteiger partial charge in [0, 0.05) is 16.1 Å². The summed E-state index contributed by atoms with van der Waals surface area (Å²) in [5.74, 6) is -2.33. The summed E-state index contributed by atoms with van der Waals surface area (Å²) in [5, 5.41) is 17.5. The van der Waals surface area contributed by atoms with Gasteiger partial charge in [-0.05, 0) is 24.3 Å². The fourth-order valence-corrected chi connectivity index (χ4v) is 1.82. The Hall–Kier alpha value is -2.34. The lowest BCUT2D eigenvalue weighted by molar-refractivity contribution is -0.140. The Labute approximate surface area is 122 Å². The summed E-state index contributed by atoms with van der Waals surface area (Å²) in [5.41, 5.74) is 0.0572. The molecule has 1 aromatic carbocycles. The second kappa shape index (κ2) is 5.75. The Morgan fingerprint density at radius 2 is 1.60 bits per heavy atom. The number of rotatable bonds is 4. The van der Waals surface area contributed by atoms with E-state index in [-0.39, 0.29) is 5.76 Å². The van der Waals surface area contributed by atoms with Crippen molar-refractivity contribution in [2.45, 2.75) is 0 Å². The standard InChI is InChI=1S/C14H9BrO5/c15-9-3-1-8(2-4-9)12-6-5-10(20-12)7-11(13(16)17)14(18)19/h1-7H,(H,16,17)(H,18,19). The van der Waals surface area contributed by atoms with Gasteiger partial charge in [0.2, 0.25) is 0 Å². The minimum absolute atomic E-state index is 0.169. The maximum Gasteiger partial charge on any atom is 0.343 e. The molecule has 20 heavy (non-hydrogen) atoms. The number of carboxylic acids is 2. The molecule has 0 amide bonds. The Bertz CT molecular complexity index is 666. The first-order chi connectivity index (χ1) is 9.47. The number of carboxylic acid groups (broad SMARTS) is 2. The van der Waals surface area contributed by atoms with Crippen LogP contribution >= 0.6 is 15.9 Å². The maximum absolute atomic E-state index is 10.8. The smallest absolute Gasteiger partial charge is 0.343 e. The van der Waals surface area contributed by atoms with E-state index in [4.69, 9.17) is 14.6 Å². The van der Waals surface area contributed by atoms with E-state index in [0.29, 0.717) is 5.76 Å². The van der Waals surface area contributed by atoms with E-state index in [2.05, 4.69) is 15.9 Å². The summed E-state index contributed by atoms with van der Waals surface area (Å²) in [6, 6.07) is 10.5. The predicted molar refractivity (Wildman–Crippen MR) is 75.1 cm³/mol. The van der Waals surface area contributed by atoms with Crippen LogP contribution in [0.2, 0.25) is 0 Å². The molecule has 0 aliphatic heterocycles.